The quantitative estimate of drug-likeness (QED) is 0.753. The lowest BCUT2D eigenvalue weighted by atomic mass is 9.95. The van der Waals surface area contributed by atoms with Crippen molar-refractivity contribution in [3.63, 3.8) is 0 Å². The molecule has 0 heterocycles. The highest BCUT2D eigenvalue weighted by molar-refractivity contribution is 5.87. The van der Waals surface area contributed by atoms with E-state index in [0.29, 0.717) is 12.1 Å². The van der Waals surface area contributed by atoms with E-state index in [9.17, 15) is 4.79 Å². The van der Waals surface area contributed by atoms with Gasteiger partial charge >= 0.3 is 0 Å². The smallest absolute Gasteiger partial charge is 0.245 e. The summed E-state index contributed by atoms with van der Waals surface area (Å²) in [5, 5.41) is 6.44. The van der Waals surface area contributed by atoms with Gasteiger partial charge in [0.05, 0.1) is 0 Å². The highest BCUT2D eigenvalue weighted by Crippen LogP contribution is 2.18. The Morgan fingerprint density at radius 3 is 2.00 bits per heavy atom. The van der Waals surface area contributed by atoms with E-state index in [2.05, 4.69) is 10.6 Å². The Bertz CT molecular complexity index is 276. The highest BCUT2D eigenvalue weighted by atomic mass is 16.1. The molecule has 0 saturated heterocycles. The van der Waals surface area contributed by atoms with Crippen molar-refractivity contribution in [3.05, 3.63) is 12.3 Å². The Balaban J connectivity index is 1.63. The molecule has 0 aliphatic heterocycles. The molecule has 0 atom stereocenters. The first-order valence-electron chi connectivity index (χ1n) is 7.58. The highest BCUT2D eigenvalue weighted by Gasteiger charge is 2.14. The number of amides is 1. The lowest BCUT2D eigenvalue weighted by molar-refractivity contribution is -0.117. The van der Waals surface area contributed by atoms with Gasteiger partial charge in [0.2, 0.25) is 5.91 Å². The molecule has 3 nitrogen and oxygen atoms in total. The summed E-state index contributed by atoms with van der Waals surface area (Å²) in [6.45, 7) is 0. The van der Waals surface area contributed by atoms with E-state index in [1.54, 1.807) is 6.08 Å². The molecule has 18 heavy (non-hydrogen) atoms. The molecule has 2 saturated carbocycles. The van der Waals surface area contributed by atoms with Crippen LogP contribution in [0.1, 0.15) is 64.2 Å². The Hall–Kier alpha value is -0.990. The summed E-state index contributed by atoms with van der Waals surface area (Å²) in [6, 6.07) is 0.989. The number of carbonyl (C=O) groups is 1. The third kappa shape index (κ3) is 4.71. The fourth-order valence-electron chi connectivity index (χ4n) is 3.03. The van der Waals surface area contributed by atoms with Crippen LogP contribution in [0.4, 0.5) is 0 Å². The van der Waals surface area contributed by atoms with Crippen molar-refractivity contribution in [3.8, 4) is 0 Å². The van der Waals surface area contributed by atoms with Crippen molar-refractivity contribution in [1.82, 2.24) is 10.6 Å². The Kier molecular flexibility index (Phi) is 5.56. The zero-order valence-electron chi connectivity index (χ0n) is 11.3. The summed E-state index contributed by atoms with van der Waals surface area (Å²) in [5.41, 5.74) is 0. The summed E-state index contributed by atoms with van der Waals surface area (Å²) >= 11 is 0. The Morgan fingerprint density at radius 1 is 0.833 bits per heavy atom. The molecule has 0 aromatic rings. The summed E-state index contributed by atoms with van der Waals surface area (Å²) in [6.07, 6.45) is 16.1. The van der Waals surface area contributed by atoms with Gasteiger partial charge in [-0.3, -0.25) is 4.79 Å². The van der Waals surface area contributed by atoms with Crippen LogP contribution in [0.15, 0.2) is 12.3 Å². The standard InChI is InChI=1S/C15H26N2O/c18-15(17-14-9-5-2-6-10-14)11-12-16-13-7-3-1-4-8-13/h11-14,16H,1-10H2,(H,17,18)/b12-11-. The monoisotopic (exact) mass is 250 g/mol. The maximum Gasteiger partial charge on any atom is 0.245 e. The van der Waals surface area contributed by atoms with Crippen molar-refractivity contribution in [2.45, 2.75) is 76.3 Å². The number of carbonyl (C=O) groups excluding carboxylic acids is 1. The van der Waals surface area contributed by atoms with Gasteiger partial charge in [0.15, 0.2) is 0 Å². The molecule has 2 rings (SSSR count). The molecule has 2 aliphatic carbocycles. The molecule has 2 fully saturated rings. The maximum absolute atomic E-state index is 11.7. The van der Waals surface area contributed by atoms with Crippen molar-refractivity contribution in [2.24, 2.45) is 0 Å². The predicted octanol–water partition coefficient (Wildman–Crippen LogP) is 2.87. The van der Waals surface area contributed by atoms with E-state index in [0.717, 1.165) is 12.8 Å². The van der Waals surface area contributed by atoms with Crippen LogP contribution < -0.4 is 10.6 Å². The molecule has 0 aromatic heterocycles. The van der Waals surface area contributed by atoms with Crippen LogP contribution in [0.3, 0.4) is 0 Å². The first-order chi connectivity index (χ1) is 8.84. The second-order valence-electron chi connectivity index (χ2n) is 5.68. The van der Waals surface area contributed by atoms with Gasteiger partial charge in [-0.25, -0.2) is 0 Å². The lowest BCUT2D eigenvalue weighted by Gasteiger charge is -2.22. The second-order valence-corrected chi connectivity index (χ2v) is 5.68. The van der Waals surface area contributed by atoms with Crippen molar-refractivity contribution in [1.29, 1.82) is 0 Å². The minimum atomic E-state index is 0.0604. The van der Waals surface area contributed by atoms with Crippen LogP contribution in [-0.4, -0.2) is 18.0 Å². The molecule has 0 aromatic carbocycles. The summed E-state index contributed by atoms with van der Waals surface area (Å²) in [5.74, 6) is 0.0604. The van der Waals surface area contributed by atoms with Gasteiger partial charge in [0.25, 0.3) is 0 Å². The van der Waals surface area contributed by atoms with Crippen LogP contribution in [0, 0.1) is 0 Å². The minimum Gasteiger partial charge on any atom is -0.388 e. The Labute approximate surface area is 110 Å². The van der Waals surface area contributed by atoms with E-state index < -0.39 is 0 Å². The van der Waals surface area contributed by atoms with Crippen LogP contribution in [0.2, 0.25) is 0 Å². The van der Waals surface area contributed by atoms with Gasteiger partial charge in [-0.05, 0) is 25.7 Å². The summed E-state index contributed by atoms with van der Waals surface area (Å²) in [7, 11) is 0. The number of nitrogens with one attached hydrogen (secondary N) is 2. The summed E-state index contributed by atoms with van der Waals surface area (Å²) in [4.78, 5) is 11.7. The molecule has 0 radical (unpaired) electrons. The molecule has 3 heteroatoms. The third-order valence-electron chi connectivity index (χ3n) is 4.12. The van der Waals surface area contributed by atoms with E-state index in [-0.39, 0.29) is 5.91 Å². The van der Waals surface area contributed by atoms with Crippen molar-refractivity contribution in [2.75, 3.05) is 0 Å². The predicted molar refractivity (Wildman–Crippen MR) is 74.2 cm³/mol. The average molecular weight is 250 g/mol. The lowest BCUT2D eigenvalue weighted by Crippen LogP contribution is -2.35. The molecular formula is C15H26N2O. The van der Waals surface area contributed by atoms with Crippen molar-refractivity contribution >= 4 is 5.91 Å². The topological polar surface area (TPSA) is 41.1 Å². The summed E-state index contributed by atoms with van der Waals surface area (Å²) < 4.78 is 0. The normalized spacial score (nSPS) is 23.1. The molecule has 0 bridgehead atoms. The van der Waals surface area contributed by atoms with E-state index in [1.165, 1.54) is 51.4 Å². The number of hydrogen-bond donors (Lipinski definition) is 2. The van der Waals surface area contributed by atoms with Crippen LogP contribution in [-0.2, 0) is 4.79 Å². The molecule has 0 spiro atoms. The molecular weight excluding hydrogens is 224 g/mol. The van der Waals surface area contributed by atoms with Gasteiger partial charge in [0, 0.05) is 24.4 Å². The maximum atomic E-state index is 11.7. The van der Waals surface area contributed by atoms with E-state index >= 15 is 0 Å². The zero-order valence-corrected chi connectivity index (χ0v) is 11.3. The molecule has 0 unspecified atom stereocenters. The van der Waals surface area contributed by atoms with Gasteiger partial charge < -0.3 is 10.6 Å². The van der Waals surface area contributed by atoms with Crippen molar-refractivity contribution < 1.29 is 4.79 Å². The Morgan fingerprint density at radius 2 is 1.39 bits per heavy atom. The number of hydrogen-bond acceptors (Lipinski definition) is 2. The van der Waals surface area contributed by atoms with Crippen LogP contribution in [0.5, 0.6) is 0 Å². The van der Waals surface area contributed by atoms with E-state index in [1.807, 2.05) is 6.20 Å². The van der Waals surface area contributed by atoms with Gasteiger partial charge in [-0.2, -0.15) is 0 Å². The second kappa shape index (κ2) is 7.45. The SMILES string of the molecule is O=C(/C=C\NC1CCCCC1)NC1CCCCC1. The van der Waals surface area contributed by atoms with Gasteiger partial charge in [-0.1, -0.05) is 38.5 Å². The van der Waals surface area contributed by atoms with E-state index in [4.69, 9.17) is 0 Å². The first-order valence-corrected chi connectivity index (χ1v) is 7.58. The van der Waals surface area contributed by atoms with Gasteiger partial charge in [-0.15, -0.1) is 0 Å². The molecule has 2 N–H and O–H groups in total. The zero-order chi connectivity index (χ0) is 12.6. The molecule has 2 aliphatic rings. The van der Waals surface area contributed by atoms with Gasteiger partial charge in [0.1, 0.15) is 0 Å². The molecule has 1 amide bonds. The fraction of sp³-hybridized carbons (Fsp3) is 0.800. The molecule has 102 valence electrons. The third-order valence-corrected chi connectivity index (χ3v) is 4.12. The number of rotatable bonds is 4. The largest absolute Gasteiger partial charge is 0.388 e. The van der Waals surface area contributed by atoms with Crippen LogP contribution in [0.25, 0.3) is 0 Å². The first kappa shape index (κ1) is 13.4. The minimum absolute atomic E-state index is 0.0604. The average Bonchev–Trinajstić information content (AvgIpc) is 2.41. The fourth-order valence-corrected chi connectivity index (χ4v) is 3.03. The van der Waals surface area contributed by atoms with Crippen LogP contribution >= 0.6 is 0 Å².